The third kappa shape index (κ3) is 3.33. The first-order valence-corrected chi connectivity index (χ1v) is 15.5. The van der Waals surface area contributed by atoms with Crippen molar-refractivity contribution in [1.29, 1.82) is 0 Å². The molecule has 0 aliphatic heterocycles. The summed E-state index contributed by atoms with van der Waals surface area (Å²) in [7, 11) is 0. The highest BCUT2D eigenvalue weighted by molar-refractivity contribution is 5.89. The second-order valence-electron chi connectivity index (χ2n) is 12.7. The molecule has 1 nitrogen and oxygen atoms in total. The molecule has 1 spiro atoms. The summed E-state index contributed by atoms with van der Waals surface area (Å²) in [6, 6.07) is 55.9. The lowest BCUT2D eigenvalue weighted by atomic mass is 9.55. The number of hydrogen-bond acceptors (Lipinski definition) is 1. The molecule has 0 atom stereocenters. The van der Waals surface area contributed by atoms with Crippen LogP contribution in [0.25, 0.3) is 44.4 Å². The van der Waals surface area contributed by atoms with Crippen molar-refractivity contribution < 1.29 is 0 Å². The lowest BCUT2D eigenvalue weighted by Gasteiger charge is -2.46. The van der Waals surface area contributed by atoms with Crippen molar-refractivity contribution in [3.05, 3.63) is 185 Å². The number of para-hydroxylation sites is 1. The number of rotatable bonds is 2. The molecule has 0 radical (unpaired) electrons. The van der Waals surface area contributed by atoms with Gasteiger partial charge in [-0.2, -0.15) is 0 Å². The average molecular weight is 562 g/mol. The third-order valence-electron chi connectivity index (χ3n) is 10.1. The molecule has 44 heavy (non-hydrogen) atoms. The van der Waals surface area contributed by atoms with E-state index in [1.165, 1.54) is 55.6 Å². The van der Waals surface area contributed by atoms with Crippen LogP contribution in [0.5, 0.6) is 0 Å². The highest BCUT2D eigenvalue weighted by atomic mass is 14.7. The summed E-state index contributed by atoms with van der Waals surface area (Å²) in [5, 5.41) is 1.16. The number of hydrogen-bond donors (Lipinski definition) is 0. The summed E-state index contributed by atoms with van der Waals surface area (Å²) in [5.74, 6) is 0. The van der Waals surface area contributed by atoms with Crippen LogP contribution in [0, 0.1) is 0 Å². The summed E-state index contributed by atoms with van der Waals surface area (Å²) < 4.78 is 0. The quantitative estimate of drug-likeness (QED) is 0.205. The van der Waals surface area contributed by atoms with E-state index in [0.717, 1.165) is 22.2 Å². The van der Waals surface area contributed by atoms with Crippen molar-refractivity contribution in [3.63, 3.8) is 0 Å². The van der Waals surface area contributed by atoms with Crippen LogP contribution in [-0.4, -0.2) is 4.98 Å². The van der Waals surface area contributed by atoms with E-state index in [1.54, 1.807) is 0 Å². The van der Waals surface area contributed by atoms with Gasteiger partial charge in [-0.1, -0.05) is 141 Å². The third-order valence-corrected chi connectivity index (χ3v) is 10.1. The second-order valence-corrected chi connectivity index (χ2v) is 12.7. The minimum Gasteiger partial charge on any atom is -0.248 e. The Morgan fingerprint density at radius 2 is 1.00 bits per heavy atom. The number of aromatic nitrogens is 1. The Labute approximate surface area is 258 Å². The maximum absolute atomic E-state index is 5.00. The highest BCUT2D eigenvalue weighted by Gasteiger charge is 2.53. The first-order chi connectivity index (χ1) is 21.6. The Hall–Kier alpha value is -5.27. The molecule has 0 saturated carbocycles. The molecule has 0 N–H and O–H groups in total. The van der Waals surface area contributed by atoms with Crippen LogP contribution < -0.4 is 0 Å². The molecular formula is C43H31N. The van der Waals surface area contributed by atoms with E-state index in [9.17, 15) is 0 Å². The average Bonchev–Trinajstić information content (AvgIpc) is 3.38. The smallest absolute Gasteiger partial charge is 0.0719 e. The van der Waals surface area contributed by atoms with Gasteiger partial charge in [0.25, 0.3) is 0 Å². The highest BCUT2D eigenvalue weighted by Crippen LogP contribution is 2.62. The fourth-order valence-corrected chi connectivity index (χ4v) is 8.12. The molecule has 6 aromatic carbocycles. The fourth-order valence-electron chi connectivity index (χ4n) is 8.12. The Balaban J connectivity index is 1.30. The lowest BCUT2D eigenvalue weighted by Crippen LogP contribution is -2.40. The molecule has 7 aromatic rings. The second kappa shape index (κ2) is 9.11. The van der Waals surface area contributed by atoms with Crippen molar-refractivity contribution in [2.75, 3.05) is 0 Å². The van der Waals surface area contributed by atoms with Gasteiger partial charge in [0, 0.05) is 16.4 Å². The Kier molecular flexibility index (Phi) is 5.23. The molecule has 0 bridgehead atoms. The summed E-state index contributed by atoms with van der Waals surface area (Å²) in [5.41, 5.74) is 16.0. The molecule has 0 fully saturated rings. The van der Waals surface area contributed by atoms with Gasteiger partial charge in [-0.05, 0) is 79.9 Å². The molecule has 208 valence electrons. The van der Waals surface area contributed by atoms with E-state index >= 15 is 0 Å². The van der Waals surface area contributed by atoms with Crippen LogP contribution in [0.2, 0.25) is 0 Å². The van der Waals surface area contributed by atoms with Crippen molar-refractivity contribution >= 4 is 10.9 Å². The fraction of sp³-hybridized carbons (Fsp3) is 0.0930. The molecule has 0 amide bonds. The van der Waals surface area contributed by atoms with Gasteiger partial charge in [0.05, 0.1) is 16.6 Å². The summed E-state index contributed by atoms with van der Waals surface area (Å²) in [6.45, 7) is 4.77. The van der Waals surface area contributed by atoms with Crippen LogP contribution >= 0.6 is 0 Å². The number of fused-ring (bicyclic) bond motifs is 10. The molecule has 1 heteroatoms. The monoisotopic (exact) mass is 561 g/mol. The van der Waals surface area contributed by atoms with Crippen molar-refractivity contribution in [1.82, 2.24) is 4.98 Å². The van der Waals surface area contributed by atoms with Gasteiger partial charge in [-0.15, -0.1) is 0 Å². The SMILES string of the molecule is CC1(C)c2ccccc2C2(c3ccccc3-c3ccccc32)c2cc(-c3cccc(-c4ccc5ccccc5n4)c3)ccc21. The lowest BCUT2D eigenvalue weighted by molar-refractivity contribution is 0.563. The Morgan fingerprint density at radius 1 is 0.409 bits per heavy atom. The predicted molar refractivity (Wildman–Crippen MR) is 182 cm³/mol. The minimum absolute atomic E-state index is 0.140. The van der Waals surface area contributed by atoms with E-state index in [2.05, 4.69) is 166 Å². The van der Waals surface area contributed by atoms with Crippen LogP contribution in [-0.2, 0) is 10.8 Å². The number of benzene rings is 6. The minimum atomic E-state index is -0.387. The number of pyridine rings is 1. The maximum Gasteiger partial charge on any atom is 0.0719 e. The van der Waals surface area contributed by atoms with Crippen molar-refractivity contribution in [3.8, 4) is 33.5 Å². The van der Waals surface area contributed by atoms with Gasteiger partial charge >= 0.3 is 0 Å². The van der Waals surface area contributed by atoms with Crippen LogP contribution in [0.3, 0.4) is 0 Å². The van der Waals surface area contributed by atoms with Gasteiger partial charge in [-0.25, -0.2) is 4.98 Å². The molecule has 2 aliphatic rings. The summed E-state index contributed by atoms with van der Waals surface area (Å²) in [6.07, 6.45) is 0. The molecule has 0 saturated heterocycles. The van der Waals surface area contributed by atoms with Gasteiger partial charge < -0.3 is 0 Å². The molecular weight excluding hydrogens is 530 g/mol. The number of nitrogens with zero attached hydrogens (tertiary/aromatic N) is 1. The van der Waals surface area contributed by atoms with Gasteiger partial charge in [0.2, 0.25) is 0 Å². The van der Waals surface area contributed by atoms with Crippen LogP contribution in [0.4, 0.5) is 0 Å². The largest absolute Gasteiger partial charge is 0.248 e. The first kappa shape index (κ1) is 25.2. The van der Waals surface area contributed by atoms with Crippen molar-refractivity contribution in [2.24, 2.45) is 0 Å². The zero-order chi connectivity index (χ0) is 29.5. The standard InChI is InChI=1S/C43H31N/c1-42(2)36-19-8-9-20-38(36)43(34-17-6-4-15-32(34)33-16-5-7-18-35(33)43)39-27-30(22-24-37(39)42)29-13-11-14-31(26-29)41-25-23-28-12-3-10-21-40(28)44-41/h3-27H,1-2H3. The molecule has 2 aliphatic carbocycles. The van der Waals surface area contributed by atoms with Crippen LogP contribution in [0.1, 0.15) is 47.2 Å². The molecule has 9 rings (SSSR count). The Bertz CT molecular complexity index is 2220. The zero-order valence-electron chi connectivity index (χ0n) is 24.9. The zero-order valence-corrected chi connectivity index (χ0v) is 24.9. The topological polar surface area (TPSA) is 12.9 Å². The predicted octanol–water partition coefficient (Wildman–Crippen LogP) is 10.6. The maximum atomic E-state index is 5.00. The van der Waals surface area contributed by atoms with Gasteiger partial charge in [0.15, 0.2) is 0 Å². The summed E-state index contributed by atoms with van der Waals surface area (Å²) in [4.78, 5) is 5.00. The van der Waals surface area contributed by atoms with Gasteiger partial charge in [0.1, 0.15) is 0 Å². The van der Waals surface area contributed by atoms with Crippen LogP contribution in [0.15, 0.2) is 152 Å². The van der Waals surface area contributed by atoms with E-state index in [4.69, 9.17) is 4.98 Å². The van der Waals surface area contributed by atoms with Crippen molar-refractivity contribution in [2.45, 2.75) is 24.7 Å². The molecule has 1 aromatic heterocycles. The normalized spacial score (nSPS) is 15.0. The van der Waals surface area contributed by atoms with Gasteiger partial charge in [-0.3, -0.25) is 0 Å². The van der Waals surface area contributed by atoms with E-state index < -0.39 is 0 Å². The van der Waals surface area contributed by atoms with E-state index in [1.807, 2.05) is 0 Å². The first-order valence-electron chi connectivity index (χ1n) is 15.5. The Morgan fingerprint density at radius 3 is 1.77 bits per heavy atom. The van der Waals surface area contributed by atoms with E-state index in [0.29, 0.717) is 0 Å². The molecule has 0 unspecified atom stereocenters. The van der Waals surface area contributed by atoms with E-state index in [-0.39, 0.29) is 10.8 Å². The summed E-state index contributed by atoms with van der Waals surface area (Å²) >= 11 is 0. The molecule has 1 heterocycles.